The monoisotopic (exact) mass is 289 g/mol. The number of carbonyl (C=O) groups is 1. The third-order valence-corrected chi connectivity index (χ3v) is 7.13. The average molecular weight is 289 g/mol. The van der Waals surface area contributed by atoms with Crippen LogP contribution in [0.2, 0.25) is 0 Å². The van der Waals surface area contributed by atoms with Gasteiger partial charge in [-0.15, -0.1) is 0 Å². The van der Waals surface area contributed by atoms with Crippen LogP contribution in [-0.4, -0.2) is 42.6 Å². The molecule has 2 saturated carbocycles. The number of rotatable bonds is 7. The van der Waals surface area contributed by atoms with E-state index in [0.717, 1.165) is 19.3 Å². The topological polar surface area (TPSA) is 63.7 Å². The van der Waals surface area contributed by atoms with Crippen molar-refractivity contribution in [1.82, 2.24) is 4.31 Å². The number of nitrogens with zero attached hydrogens (tertiary/aromatic N) is 1. The van der Waals surface area contributed by atoms with Crippen LogP contribution >= 0.6 is 0 Å². The van der Waals surface area contributed by atoms with Crippen LogP contribution in [-0.2, 0) is 19.6 Å². The molecule has 2 atom stereocenters. The zero-order valence-electron chi connectivity index (χ0n) is 11.9. The van der Waals surface area contributed by atoms with Crippen LogP contribution in [0.4, 0.5) is 0 Å². The summed E-state index contributed by atoms with van der Waals surface area (Å²) in [6.45, 7) is 6.12. The van der Waals surface area contributed by atoms with Gasteiger partial charge in [0.2, 0.25) is 10.0 Å². The second-order valence-electron chi connectivity index (χ2n) is 5.82. The van der Waals surface area contributed by atoms with Crippen molar-refractivity contribution >= 4 is 16.0 Å². The highest BCUT2D eigenvalue weighted by molar-refractivity contribution is 7.90. The molecule has 0 aliphatic heterocycles. The molecule has 19 heavy (non-hydrogen) atoms. The quantitative estimate of drug-likeness (QED) is 0.667. The third kappa shape index (κ3) is 2.79. The molecule has 0 spiro atoms. The Morgan fingerprint density at radius 3 is 2.42 bits per heavy atom. The first-order valence-corrected chi connectivity index (χ1v) is 8.44. The molecule has 2 aliphatic rings. The molecule has 0 aromatic heterocycles. The van der Waals surface area contributed by atoms with Crippen molar-refractivity contribution in [1.29, 1.82) is 0 Å². The highest BCUT2D eigenvalue weighted by Gasteiger charge is 2.60. The number of hydrogen-bond acceptors (Lipinski definition) is 4. The summed E-state index contributed by atoms with van der Waals surface area (Å²) in [5.41, 5.74) is 0. The molecular weight excluding hydrogens is 266 g/mol. The lowest BCUT2D eigenvalue weighted by molar-refractivity contribution is -0.143. The van der Waals surface area contributed by atoms with E-state index < -0.39 is 14.8 Å². The molecule has 0 heterocycles. The second-order valence-corrected chi connectivity index (χ2v) is 8.17. The van der Waals surface area contributed by atoms with Gasteiger partial charge >= 0.3 is 5.97 Å². The smallest absolute Gasteiger partial charge is 0.307 e. The SMILES string of the molecule is CCOC(=O)CCN(C1CC1)S(=O)(=O)[C@@]1(C)C[C@@H]1C. The van der Waals surface area contributed by atoms with Gasteiger partial charge < -0.3 is 4.74 Å². The molecule has 2 fully saturated rings. The van der Waals surface area contributed by atoms with Crippen molar-refractivity contribution in [2.75, 3.05) is 13.2 Å². The Morgan fingerprint density at radius 2 is 2.00 bits per heavy atom. The van der Waals surface area contributed by atoms with Gasteiger partial charge in [0.25, 0.3) is 0 Å². The molecular formula is C13H23NO4S. The zero-order chi connectivity index (χ0) is 14.3. The lowest BCUT2D eigenvalue weighted by atomic mass is 10.4. The number of hydrogen-bond donors (Lipinski definition) is 0. The Morgan fingerprint density at radius 1 is 1.42 bits per heavy atom. The molecule has 0 aromatic rings. The van der Waals surface area contributed by atoms with Gasteiger partial charge in [0.15, 0.2) is 0 Å². The lowest BCUT2D eigenvalue weighted by Gasteiger charge is -2.25. The van der Waals surface area contributed by atoms with Crippen LogP contribution in [0.5, 0.6) is 0 Å². The molecule has 0 bridgehead atoms. The van der Waals surface area contributed by atoms with Crippen LogP contribution in [0.3, 0.4) is 0 Å². The summed E-state index contributed by atoms with van der Waals surface area (Å²) in [5.74, 6) is -0.112. The summed E-state index contributed by atoms with van der Waals surface area (Å²) < 4.78 is 31.1. The van der Waals surface area contributed by atoms with Gasteiger partial charge in [0.05, 0.1) is 17.8 Å². The maximum absolute atomic E-state index is 12.7. The summed E-state index contributed by atoms with van der Waals surface area (Å²) in [6.07, 6.45) is 2.69. The van der Waals surface area contributed by atoms with E-state index in [2.05, 4.69) is 0 Å². The fraction of sp³-hybridized carbons (Fsp3) is 0.923. The standard InChI is InChI=1S/C13H23NO4S/c1-4-18-12(15)7-8-14(11-5-6-11)19(16,17)13(3)9-10(13)2/h10-11H,4-9H2,1-3H3/t10-,13-/m0/s1. The van der Waals surface area contributed by atoms with E-state index in [1.807, 2.05) is 13.8 Å². The van der Waals surface area contributed by atoms with E-state index in [0.29, 0.717) is 6.61 Å². The van der Waals surface area contributed by atoms with Crippen LogP contribution < -0.4 is 0 Å². The van der Waals surface area contributed by atoms with E-state index in [9.17, 15) is 13.2 Å². The van der Waals surface area contributed by atoms with Crippen molar-refractivity contribution < 1.29 is 17.9 Å². The molecule has 0 aromatic carbocycles. The highest BCUT2D eigenvalue weighted by Crippen LogP contribution is 2.52. The van der Waals surface area contributed by atoms with Gasteiger partial charge in [0.1, 0.15) is 0 Å². The molecule has 0 unspecified atom stereocenters. The molecule has 0 saturated heterocycles. The van der Waals surface area contributed by atoms with Crippen LogP contribution in [0.1, 0.15) is 46.5 Å². The molecule has 2 rings (SSSR count). The number of ether oxygens (including phenoxy) is 1. The molecule has 2 aliphatic carbocycles. The van der Waals surface area contributed by atoms with Crippen molar-refractivity contribution in [2.45, 2.75) is 57.2 Å². The Labute approximate surface area is 115 Å². The van der Waals surface area contributed by atoms with Crippen molar-refractivity contribution in [3.8, 4) is 0 Å². The van der Waals surface area contributed by atoms with E-state index in [1.165, 1.54) is 0 Å². The van der Waals surface area contributed by atoms with Crippen molar-refractivity contribution in [3.05, 3.63) is 0 Å². The van der Waals surface area contributed by atoms with Crippen LogP contribution in [0.15, 0.2) is 0 Å². The first-order valence-electron chi connectivity index (χ1n) is 7.00. The van der Waals surface area contributed by atoms with E-state index >= 15 is 0 Å². The van der Waals surface area contributed by atoms with Crippen LogP contribution in [0, 0.1) is 5.92 Å². The number of esters is 1. The maximum Gasteiger partial charge on any atom is 0.307 e. The minimum absolute atomic E-state index is 0.101. The number of sulfonamides is 1. The van der Waals surface area contributed by atoms with Gasteiger partial charge in [-0.25, -0.2) is 8.42 Å². The average Bonchev–Trinajstić information content (AvgIpc) is 3.20. The van der Waals surface area contributed by atoms with E-state index in [4.69, 9.17) is 4.74 Å². The lowest BCUT2D eigenvalue weighted by Crippen LogP contribution is -2.42. The molecule has 6 heteroatoms. The zero-order valence-corrected chi connectivity index (χ0v) is 12.7. The molecule has 5 nitrogen and oxygen atoms in total. The number of carbonyl (C=O) groups excluding carboxylic acids is 1. The van der Waals surface area contributed by atoms with Crippen molar-refractivity contribution in [3.63, 3.8) is 0 Å². The van der Waals surface area contributed by atoms with Gasteiger partial charge in [-0.3, -0.25) is 4.79 Å². The summed E-state index contributed by atoms with van der Waals surface area (Å²) in [6, 6.07) is 0.101. The third-order valence-electron chi connectivity index (χ3n) is 4.29. The maximum atomic E-state index is 12.7. The molecule has 0 N–H and O–H groups in total. The van der Waals surface area contributed by atoms with Crippen molar-refractivity contribution in [2.24, 2.45) is 5.92 Å². The fourth-order valence-corrected chi connectivity index (χ4v) is 4.91. The fourth-order valence-electron chi connectivity index (χ4n) is 2.47. The van der Waals surface area contributed by atoms with Gasteiger partial charge in [-0.1, -0.05) is 6.92 Å². The van der Waals surface area contributed by atoms with E-state index in [-0.39, 0.29) is 30.9 Å². The molecule has 110 valence electrons. The first-order chi connectivity index (χ1) is 8.83. The van der Waals surface area contributed by atoms with E-state index in [1.54, 1.807) is 11.2 Å². The molecule has 0 amide bonds. The Hall–Kier alpha value is -0.620. The minimum Gasteiger partial charge on any atom is -0.466 e. The van der Waals surface area contributed by atoms with Crippen LogP contribution in [0.25, 0.3) is 0 Å². The Bertz CT molecular complexity index is 457. The van der Waals surface area contributed by atoms with Gasteiger partial charge in [-0.05, 0) is 39.0 Å². The molecule has 0 radical (unpaired) electrons. The first kappa shape index (κ1) is 14.8. The summed E-state index contributed by atoms with van der Waals surface area (Å²) in [7, 11) is -3.30. The Kier molecular flexibility index (Phi) is 3.93. The summed E-state index contributed by atoms with van der Waals surface area (Å²) >= 11 is 0. The normalized spacial score (nSPS) is 30.4. The van der Waals surface area contributed by atoms with Gasteiger partial charge in [-0.2, -0.15) is 4.31 Å². The second kappa shape index (κ2) is 5.05. The predicted octanol–water partition coefficient (Wildman–Crippen LogP) is 1.53. The highest BCUT2D eigenvalue weighted by atomic mass is 32.2. The predicted molar refractivity (Wildman–Crippen MR) is 72.1 cm³/mol. The summed E-state index contributed by atoms with van der Waals surface area (Å²) in [5, 5.41) is 0. The minimum atomic E-state index is -3.30. The largest absolute Gasteiger partial charge is 0.466 e. The van der Waals surface area contributed by atoms with Gasteiger partial charge in [0, 0.05) is 12.6 Å². The summed E-state index contributed by atoms with van der Waals surface area (Å²) in [4.78, 5) is 11.4. The Balaban J connectivity index is 2.03.